The molecular formula is C14H11ClN4O. The summed E-state index contributed by atoms with van der Waals surface area (Å²) >= 11 is 6.18. The molecule has 0 aliphatic rings. The van der Waals surface area contributed by atoms with E-state index in [0.29, 0.717) is 16.4 Å². The van der Waals surface area contributed by atoms with Gasteiger partial charge >= 0.3 is 0 Å². The Balaban J connectivity index is 1.95. The molecule has 0 aliphatic carbocycles. The Morgan fingerprint density at radius 2 is 2.10 bits per heavy atom. The number of fused-ring (bicyclic) bond motifs is 1. The molecule has 0 spiro atoms. The summed E-state index contributed by atoms with van der Waals surface area (Å²) in [4.78, 5) is 16.4. The molecule has 3 rings (SSSR count). The van der Waals surface area contributed by atoms with Crippen LogP contribution in [0.4, 0.5) is 5.82 Å². The van der Waals surface area contributed by atoms with Crippen molar-refractivity contribution in [3.05, 3.63) is 59.0 Å². The fourth-order valence-corrected chi connectivity index (χ4v) is 2.17. The van der Waals surface area contributed by atoms with Crippen molar-refractivity contribution in [2.75, 3.05) is 5.32 Å². The number of pyridine rings is 2. The van der Waals surface area contributed by atoms with Crippen LogP contribution in [0.1, 0.15) is 16.2 Å². The van der Waals surface area contributed by atoms with Crippen molar-refractivity contribution in [3.63, 3.8) is 0 Å². The highest BCUT2D eigenvalue weighted by Gasteiger charge is 2.18. The number of anilines is 1. The molecule has 0 aliphatic heterocycles. The van der Waals surface area contributed by atoms with Gasteiger partial charge in [0.2, 0.25) is 0 Å². The lowest BCUT2D eigenvalue weighted by Crippen LogP contribution is -2.14. The summed E-state index contributed by atoms with van der Waals surface area (Å²) in [5.74, 6) is 0.0972. The number of halogens is 1. The van der Waals surface area contributed by atoms with Gasteiger partial charge in [0.15, 0.2) is 5.69 Å². The van der Waals surface area contributed by atoms with Crippen LogP contribution in [0.25, 0.3) is 5.52 Å². The minimum atomic E-state index is -0.378. The zero-order valence-electron chi connectivity index (χ0n) is 10.7. The molecule has 0 saturated heterocycles. The second kappa shape index (κ2) is 4.94. The van der Waals surface area contributed by atoms with Gasteiger partial charge in [0.25, 0.3) is 5.91 Å². The molecule has 0 atom stereocenters. The van der Waals surface area contributed by atoms with Crippen molar-refractivity contribution in [2.45, 2.75) is 6.92 Å². The van der Waals surface area contributed by atoms with Crippen molar-refractivity contribution in [1.82, 2.24) is 14.6 Å². The molecule has 20 heavy (non-hydrogen) atoms. The third-order valence-electron chi connectivity index (χ3n) is 2.82. The number of hydrogen-bond donors (Lipinski definition) is 1. The summed E-state index contributed by atoms with van der Waals surface area (Å²) in [6, 6.07) is 10.9. The third-order valence-corrected chi connectivity index (χ3v) is 3.20. The minimum Gasteiger partial charge on any atom is -0.305 e. The van der Waals surface area contributed by atoms with Crippen LogP contribution < -0.4 is 5.32 Å². The SMILES string of the molecule is Cc1cccc(NC(=O)c2nn3ccccc3c2Cl)n1. The van der Waals surface area contributed by atoms with E-state index in [9.17, 15) is 4.79 Å². The first-order chi connectivity index (χ1) is 9.65. The van der Waals surface area contributed by atoms with Crippen LogP contribution in [0, 0.1) is 6.92 Å². The third kappa shape index (κ3) is 2.23. The smallest absolute Gasteiger partial charge is 0.278 e. The molecule has 0 saturated carbocycles. The number of carbonyl (C=O) groups is 1. The first-order valence-electron chi connectivity index (χ1n) is 6.03. The van der Waals surface area contributed by atoms with E-state index in [1.165, 1.54) is 0 Å². The van der Waals surface area contributed by atoms with Crippen LogP contribution in [-0.4, -0.2) is 20.5 Å². The summed E-state index contributed by atoms with van der Waals surface area (Å²) < 4.78 is 1.57. The van der Waals surface area contributed by atoms with Gasteiger partial charge in [0.1, 0.15) is 5.82 Å². The molecule has 6 heteroatoms. The van der Waals surface area contributed by atoms with Crippen LogP contribution in [-0.2, 0) is 0 Å². The van der Waals surface area contributed by atoms with Crippen molar-refractivity contribution in [1.29, 1.82) is 0 Å². The topological polar surface area (TPSA) is 59.3 Å². The molecule has 100 valence electrons. The van der Waals surface area contributed by atoms with E-state index in [1.54, 1.807) is 22.8 Å². The van der Waals surface area contributed by atoms with Gasteiger partial charge in [0.05, 0.1) is 10.5 Å². The van der Waals surface area contributed by atoms with Gasteiger partial charge in [-0.1, -0.05) is 23.7 Å². The Labute approximate surface area is 120 Å². The molecule has 0 aromatic carbocycles. The predicted octanol–water partition coefficient (Wildman–Crippen LogP) is 2.94. The number of aryl methyl sites for hydroxylation is 1. The van der Waals surface area contributed by atoms with E-state index < -0.39 is 0 Å². The lowest BCUT2D eigenvalue weighted by molar-refractivity contribution is 0.102. The molecule has 5 nitrogen and oxygen atoms in total. The maximum absolute atomic E-state index is 12.2. The summed E-state index contributed by atoms with van der Waals surface area (Å²) in [6.45, 7) is 1.85. The van der Waals surface area contributed by atoms with E-state index in [4.69, 9.17) is 11.6 Å². The number of nitrogens with one attached hydrogen (secondary N) is 1. The Bertz CT molecular complexity index is 797. The highest BCUT2D eigenvalue weighted by atomic mass is 35.5. The van der Waals surface area contributed by atoms with Gasteiger partial charge in [-0.2, -0.15) is 5.10 Å². The molecule has 1 amide bonds. The van der Waals surface area contributed by atoms with Gasteiger partial charge in [-0.05, 0) is 31.2 Å². The van der Waals surface area contributed by atoms with Gasteiger partial charge < -0.3 is 5.32 Å². The molecule has 0 fully saturated rings. The average Bonchev–Trinajstić information content (AvgIpc) is 2.77. The molecule has 1 N–H and O–H groups in total. The van der Waals surface area contributed by atoms with Gasteiger partial charge in [0, 0.05) is 11.9 Å². The Hall–Kier alpha value is -2.40. The number of carbonyl (C=O) groups excluding carboxylic acids is 1. The van der Waals surface area contributed by atoms with E-state index in [1.807, 2.05) is 31.2 Å². The summed E-state index contributed by atoms with van der Waals surface area (Å²) in [6.07, 6.45) is 1.74. The first-order valence-corrected chi connectivity index (χ1v) is 6.41. The zero-order valence-corrected chi connectivity index (χ0v) is 11.4. The molecule has 3 aromatic heterocycles. The minimum absolute atomic E-state index is 0.182. The number of nitrogens with zero attached hydrogens (tertiary/aromatic N) is 3. The van der Waals surface area contributed by atoms with Gasteiger partial charge in [-0.15, -0.1) is 0 Å². The van der Waals surface area contributed by atoms with Crippen LogP contribution in [0.15, 0.2) is 42.6 Å². The number of aromatic nitrogens is 3. The first kappa shape index (κ1) is 12.6. The standard InChI is InChI=1S/C14H11ClN4O/c1-9-5-4-7-11(16-9)17-14(20)13-12(15)10-6-2-3-8-19(10)18-13/h2-8H,1H3,(H,16,17,20). The van der Waals surface area contributed by atoms with Crippen molar-refractivity contribution < 1.29 is 4.79 Å². The predicted molar refractivity (Wildman–Crippen MR) is 77.1 cm³/mol. The normalized spacial score (nSPS) is 10.7. The largest absolute Gasteiger partial charge is 0.305 e. The van der Waals surface area contributed by atoms with Crippen molar-refractivity contribution in [2.24, 2.45) is 0 Å². The molecule has 0 bridgehead atoms. The van der Waals surface area contributed by atoms with E-state index in [2.05, 4.69) is 15.4 Å². The van der Waals surface area contributed by atoms with Crippen molar-refractivity contribution >= 4 is 28.8 Å². The van der Waals surface area contributed by atoms with Crippen LogP contribution >= 0.6 is 11.6 Å². The molecule has 0 radical (unpaired) electrons. The lowest BCUT2D eigenvalue weighted by atomic mass is 10.3. The molecule has 0 unspecified atom stereocenters. The number of hydrogen-bond acceptors (Lipinski definition) is 3. The fourth-order valence-electron chi connectivity index (χ4n) is 1.90. The number of amides is 1. The van der Waals surface area contributed by atoms with Gasteiger partial charge in [-0.3, -0.25) is 4.79 Å². The fraction of sp³-hybridized carbons (Fsp3) is 0.0714. The zero-order chi connectivity index (χ0) is 14.1. The molecular weight excluding hydrogens is 276 g/mol. The summed E-state index contributed by atoms with van der Waals surface area (Å²) in [7, 11) is 0. The van der Waals surface area contributed by atoms with E-state index >= 15 is 0 Å². The van der Waals surface area contributed by atoms with Crippen LogP contribution in [0.5, 0.6) is 0 Å². The monoisotopic (exact) mass is 286 g/mol. The Kier molecular flexibility index (Phi) is 3.12. The molecule has 3 aromatic rings. The van der Waals surface area contributed by atoms with E-state index in [0.717, 1.165) is 5.69 Å². The maximum Gasteiger partial charge on any atom is 0.278 e. The average molecular weight is 287 g/mol. The quantitative estimate of drug-likeness (QED) is 0.788. The highest BCUT2D eigenvalue weighted by molar-refractivity contribution is 6.37. The Morgan fingerprint density at radius 3 is 2.85 bits per heavy atom. The van der Waals surface area contributed by atoms with Crippen molar-refractivity contribution in [3.8, 4) is 0 Å². The van der Waals surface area contributed by atoms with Gasteiger partial charge in [-0.25, -0.2) is 9.50 Å². The highest BCUT2D eigenvalue weighted by Crippen LogP contribution is 2.22. The lowest BCUT2D eigenvalue weighted by Gasteiger charge is -2.02. The number of rotatable bonds is 2. The van der Waals surface area contributed by atoms with Crippen LogP contribution in [0.3, 0.4) is 0 Å². The Morgan fingerprint density at radius 1 is 1.25 bits per heavy atom. The second-order valence-corrected chi connectivity index (χ2v) is 4.69. The second-order valence-electron chi connectivity index (χ2n) is 4.31. The van der Waals surface area contributed by atoms with E-state index in [-0.39, 0.29) is 11.6 Å². The van der Waals surface area contributed by atoms with Crippen LogP contribution in [0.2, 0.25) is 5.02 Å². The summed E-state index contributed by atoms with van der Waals surface area (Å²) in [5, 5.41) is 7.20. The summed E-state index contributed by atoms with van der Waals surface area (Å²) in [5.41, 5.74) is 1.70. The molecule has 3 heterocycles. The maximum atomic E-state index is 12.2.